The zero-order valence-corrected chi connectivity index (χ0v) is 21.9. The topological polar surface area (TPSA) is 95.2 Å². The van der Waals surface area contributed by atoms with Crippen molar-refractivity contribution < 1.29 is 23.6 Å². The highest BCUT2D eigenvalue weighted by molar-refractivity contribution is 7.62. The van der Waals surface area contributed by atoms with Crippen molar-refractivity contribution in [2.24, 2.45) is 10.9 Å². The van der Waals surface area contributed by atoms with Crippen molar-refractivity contribution in [3.05, 3.63) is 12.0 Å². The molecule has 0 unspecified atom stereocenters. The van der Waals surface area contributed by atoms with E-state index in [2.05, 4.69) is 43.8 Å². The molecule has 3 rings (SSSR count). The minimum atomic E-state index is -2.35. The van der Waals surface area contributed by atoms with Crippen LogP contribution >= 0.6 is 7.14 Å². The Kier molecular flexibility index (Phi) is 7.07. The number of fused-ring (bicyclic) bond motifs is 1. The van der Waals surface area contributed by atoms with E-state index in [0.717, 1.165) is 18.5 Å². The van der Waals surface area contributed by atoms with E-state index in [0.29, 0.717) is 5.82 Å². The molecule has 5 atom stereocenters. The maximum absolute atomic E-state index is 12.0. The summed E-state index contributed by atoms with van der Waals surface area (Å²) in [5.74, 6) is 0.387. The second-order valence-electron chi connectivity index (χ2n) is 10.7. The Hall–Kier alpha value is -0.833. The van der Waals surface area contributed by atoms with Gasteiger partial charge in [0.05, 0.1) is 12.4 Å². The maximum Gasteiger partial charge on any atom is 0.192 e. The van der Waals surface area contributed by atoms with Crippen LogP contribution in [0.1, 0.15) is 58.6 Å². The summed E-state index contributed by atoms with van der Waals surface area (Å²) in [5.41, 5.74) is 0.790. The lowest BCUT2D eigenvalue weighted by molar-refractivity contribution is -0.152. The number of aliphatic imine (C=N–C) groups is 1. The lowest BCUT2D eigenvalue weighted by atomic mass is 10.1. The average Bonchev–Trinajstić information content (AvgIpc) is 3.09. The van der Waals surface area contributed by atoms with Crippen molar-refractivity contribution in [1.82, 2.24) is 9.55 Å². The van der Waals surface area contributed by atoms with Gasteiger partial charge < -0.3 is 23.6 Å². The SMILES string of the molecule is C[C@@H]1[C@@H](OCP(C)(C)=O)O[C@@H](n2cnc3c2N=CCC[C@H]3O[Si](C)(C)C(C)(C)C)[C@@H]1O. The number of aliphatic hydroxyl groups excluding tert-OH is 1. The van der Waals surface area contributed by atoms with E-state index in [1.165, 1.54) is 0 Å². The van der Waals surface area contributed by atoms with E-state index in [4.69, 9.17) is 13.9 Å². The van der Waals surface area contributed by atoms with Gasteiger partial charge in [0.25, 0.3) is 0 Å². The number of aliphatic hydroxyl groups is 1. The van der Waals surface area contributed by atoms with Crippen LogP contribution in [-0.4, -0.2) is 61.3 Å². The molecule has 1 saturated heterocycles. The third kappa shape index (κ3) is 5.39. The molecule has 1 aromatic rings. The molecule has 0 spiro atoms. The van der Waals surface area contributed by atoms with Crippen LogP contribution in [0.15, 0.2) is 11.3 Å². The molecule has 0 radical (unpaired) electrons. The predicted octanol–water partition coefficient (Wildman–Crippen LogP) is 4.89. The highest BCUT2D eigenvalue weighted by Gasteiger charge is 2.45. The fourth-order valence-electron chi connectivity index (χ4n) is 3.51. The second-order valence-corrected chi connectivity index (χ2v) is 18.9. The predicted molar refractivity (Wildman–Crippen MR) is 125 cm³/mol. The lowest BCUT2D eigenvalue weighted by Gasteiger charge is -2.38. The number of nitrogens with zero attached hydrogens (tertiary/aromatic N) is 3. The molecular weight excluding hydrogens is 433 g/mol. The van der Waals surface area contributed by atoms with E-state index in [-0.39, 0.29) is 23.4 Å². The zero-order valence-electron chi connectivity index (χ0n) is 20.0. The Morgan fingerprint density at radius 2 is 2.03 bits per heavy atom. The summed E-state index contributed by atoms with van der Waals surface area (Å²) in [6, 6.07) is 0. The third-order valence-electron chi connectivity index (χ3n) is 6.47. The summed E-state index contributed by atoms with van der Waals surface area (Å²) < 4.78 is 32.3. The fraction of sp³-hybridized carbons (Fsp3) is 0.810. The molecule has 3 heterocycles. The van der Waals surface area contributed by atoms with Crippen molar-refractivity contribution in [3.63, 3.8) is 0 Å². The molecule has 0 aromatic carbocycles. The van der Waals surface area contributed by atoms with Gasteiger partial charge in [-0.25, -0.2) is 9.98 Å². The van der Waals surface area contributed by atoms with Gasteiger partial charge in [-0.15, -0.1) is 0 Å². The molecule has 1 fully saturated rings. The van der Waals surface area contributed by atoms with Crippen molar-refractivity contribution in [1.29, 1.82) is 0 Å². The third-order valence-corrected chi connectivity index (χ3v) is 11.7. The van der Waals surface area contributed by atoms with Gasteiger partial charge >= 0.3 is 0 Å². The summed E-state index contributed by atoms with van der Waals surface area (Å²) in [6.45, 7) is 16.4. The monoisotopic (exact) mass is 471 g/mol. The van der Waals surface area contributed by atoms with Crippen LogP contribution in [0.3, 0.4) is 0 Å². The molecule has 0 aliphatic carbocycles. The first-order valence-corrected chi connectivity index (χ1v) is 16.7. The molecule has 0 amide bonds. The van der Waals surface area contributed by atoms with Crippen LogP contribution < -0.4 is 0 Å². The highest BCUT2D eigenvalue weighted by atomic mass is 31.2. The summed E-state index contributed by atoms with van der Waals surface area (Å²) in [5, 5.41) is 11.0. The number of rotatable bonds is 6. The molecule has 8 nitrogen and oxygen atoms in total. The summed E-state index contributed by atoms with van der Waals surface area (Å²) in [4.78, 5) is 9.29. The second kappa shape index (κ2) is 8.84. The van der Waals surface area contributed by atoms with Gasteiger partial charge in [-0.1, -0.05) is 27.7 Å². The molecule has 176 valence electrons. The molecule has 1 aromatic heterocycles. The van der Waals surface area contributed by atoms with Gasteiger partial charge in [0, 0.05) is 12.1 Å². The van der Waals surface area contributed by atoms with Crippen LogP contribution in [0.5, 0.6) is 0 Å². The van der Waals surface area contributed by atoms with E-state index in [9.17, 15) is 9.67 Å². The van der Waals surface area contributed by atoms with Crippen LogP contribution in [0.2, 0.25) is 18.1 Å². The maximum atomic E-state index is 12.0. The van der Waals surface area contributed by atoms with E-state index >= 15 is 0 Å². The fourth-order valence-corrected chi connectivity index (χ4v) is 5.31. The highest BCUT2D eigenvalue weighted by Crippen LogP contribution is 2.45. The zero-order chi connectivity index (χ0) is 23.2. The van der Waals surface area contributed by atoms with Gasteiger partial charge in [-0.2, -0.15) is 0 Å². The number of ether oxygens (including phenoxy) is 2. The molecule has 1 N–H and O–H groups in total. The van der Waals surface area contributed by atoms with Gasteiger partial charge in [0.1, 0.15) is 25.3 Å². The Labute approximate surface area is 186 Å². The molecule has 31 heavy (non-hydrogen) atoms. The van der Waals surface area contributed by atoms with Crippen molar-refractivity contribution in [3.8, 4) is 0 Å². The van der Waals surface area contributed by atoms with Gasteiger partial charge in [0.2, 0.25) is 0 Å². The minimum absolute atomic E-state index is 0.0889. The standard InChI is InChI=1S/C21H38N3O5PSi/c1-14-17(25)19(28-20(14)27-13-30(5,6)26)24-12-23-16-15(10-9-11-22-18(16)24)29-31(7,8)21(2,3)4/h11-12,14-15,17,19-20,25H,9-10,13H2,1-8H3/t14-,15+,17+,19+,20-/m0/s1. The minimum Gasteiger partial charge on any atom is -0.408 e. The quantitative estimate of drug-likeness (QED) is 0.469. The Morgan fingerprint density at radius 3 is 2.65 bits per heavy atom. The molecule has 2 aliphatic rings. The first kappa shape index (κ1) is 24.8. The first-order chi connectivity index (χ1) is 14.2. The lowest BCUT2D eigenvalue weighted by Crippen LogP contribution is -2.41. The van der Waals surface area contributed by atoms with Gasteiger partial charge in [-0.05, 0) is 44.3 Å². The smallest absolute Gasteiger partial charge is 0.192 e. The largest absolute Gasteiger partial charge is 0.408 e. The van der Waals surface area contributed by atoms with Crippen molar-refractivity contribution in [2.75, 3.05) is 19.7 Å². The average molecular weight is 472 g/mol. The van der Waals surface area contributed by atoms with Crippen LogP contribution in [0.25, 0.3) is 0 Å². The Morgan fingerprint density at radius 1 is 1.35 bits per heavy atom. The van der Waals surface area contributed by atoms with Gasteiger partial charge in [-0.3, -0.25) is 4.57 Å². The number of imidazole rings is 1. The van der Waals surface area contributed by atoms with Crippen molar-refractivity contribution in [2.45, 2.75) is 83.4 Å². The van der Waals surface area contributed by atoms with E-state index < -0.39 is 34.1 Å². The van der Waals surface area contributed by atoms with E-state index in [1.54, 1.807) is 24.2 Å². The van der Waals surface area contributed by atoms with Crippen molar-refractivity contribution >= 4 is 27.5 Å². The first-order valence-electron chi connectivity index (χ1n) is 11.0. The molecule has 0 saturated carbocycles. The molecular formula is C21H38N3O5PSi. The molecule has 10 heteroatoms. The molecule has 2 aliphatic heterocycles. The number of hydrogen-bond acceptors (Lipinski definition) is 7. The summed E-state index contributed by atoms with van der Waals surface area (Å²) in [7, 11) is -4.35. The normalized spacial score (nSPS) is 29.8. The van der Waals surface area contributed by atoms with Crippen LogP contribution in [-0.2, 0) is 18.5 Å². The van der Waals surface area contributed by atoms with E-state index in [1.807, 2.05) is 13.1 Å². The Balaban J connectivity index is 1.85. The van der Waals surface area contributed by atoms with Gasteiger partial charge in [0.15, 0.2) is 26.7 Å². The Bertz CT molecular complexity index is 860. The molecule has 0 bridgehead atoms. The number of hydrogen-bond donors (Lipinski definition) is 1. The van der Waals surface area contributed by atoms with Crippen LogP contribution in [0.4, 0.5) is 5.82 Å². The van der Waals surface area contributed by atoms with Crippen LogP contribution in [0, 0.1) is 5.92 Å². The number of aromatic nitrogens is 2. The summed E-state index contributed by atoms with van der Waals surface area (Å²) >= 11 is 0. The summed E-state index contributed by atoms with van der Waals surface area (Å²) in [6.07, 6.45) is 3.03.